The van der Waals surface area contributed by atoms with E-state index in [0.717, 1.165) is 11.1 Å². The molecule has 5 amide bonds. The third kappa shape index (κ3) is 15.8. The molecule has 0 spiro atoms. The molecule has 0 aliphatic carbocycles. The van der Waals surface area contributed by atoms with Gasteiger partial charge in [-0.2, -0.15) is 0 Å². The van der Waals surface area contributed by atoms with Gasteiger partial charge in [-0.15, -0.1) is 0 Å². The Morgan fingerprint density at radius 2 is 1.37 bits per heavy atom. The van der Waals surface area contributed by atoms with Crippen molar-refractivity contribution in [2.24, 2.45) is 0 Å². The van der Waals surface area contributed by atoms with Crippen molar-refractivity contribution in [1.82, 2.24) is 36.6 Å². The summed E-state index contributed by atoms with van der Waals surface area (Å²) in [5, 5.41) is 13.8. The van der Waals surface area contributed by atoms with Crippen molar-refractivity contribution in [3.05, 3.63) is 178 Å². The topological polar surface area (TPSA) is 237 Å². The highest BCUT2D eigenvalue weighted by molar-refractivity contribution is 7.75. The normalized spacial score (nSPS) is 16.4. The summed E-state index contributed by atoms with van der Waals surface area (Å²) in [6.07, 6.45) is -0.610. The fraction of sp³-hybridized carbons (Fsp3) is 0.264. The Balaban J connectivity index is 1.25. The van der Waals surface area contributed by atoms with Crippen LogP contribution in [0.2, 0.25) is 5.02 Å². The molecule has 0 saturated carbocycles. The van der Waals surface area contributed by atoms with Crippen molar-refractivity contribution in [2.45, 2.75) is 75.8 Å². The van der Waals surface area contributed by atoms with Crippen LogP contribution < -0.4 is 31.3 Å². The number of methoxy groups -OCH3 is 1. The highest BCUT2D eigenvalue weighted by atomic mass is 35.5. The number of hydrogen-bond donors (Lipinski definition) is 7. The lowest BCUT2D eigenvalue weighted by molar-refractivity contribution is -0.145. The van der Waals surface area contributed by atoms with E-state index in [9.17, 15) is 28.8 Å². The van der Waals surface area contributed by atoms with Crippen LogP contribution in [0.4, 0.5) is 9.59 Å². The van der Waals surface area contributed by atoms with E-state index in [2.05, 4.69) is 49.5 Å². The average molecular weight is 1030 g/mol. The highest BCUT2D eigenvalue weighted by Gasteiger charge is 2.35. The second-order valence-corrected chi connectivity index (χ2v) is 17.6. The van der Waals surface area contributed by atoms with E-state index in [0.29, 0.717) is 39.3 Å². The number of imidazole rings is 1. The molecular formula is C53H54ClN7O11S. The summed E-state index contributed by atoms with van der Waals surface area (Å²) in [6.45, 7) is -0.223. The van der Waals surface area contributed by atoms with Gasteiger partial charge >= 0.3 is 18.2 Å². The van der Waals surface area contributed by atoms with E-state index in [4.69, 9.17) is 34.7 Å². The molecule has 0 unspecified atom stereocenters. The zero-order valence-electron chi connectivity index (χ0n) is 39.6. The number of nitrogens with zero attached hydrogens (tertiary/aromatic N) is 1. The van der Waals surface area contributed by atoms with E-state index in [1.165, 1.54) is 13.4 Å². The largest absolute Gasteiger partial charge is 0.489 e. The second kappa shape index (κ2) is 26.5. The predicted octanol–water partition coefficient (Wildman–Crippen LogP) is 6.12. The number of aromatic nitrogens is 2. The van der Waals surface area contributed by atoms with Crippen LogP contribution in [-0.4, -0.2) is 89.8 Å². The fourth-order valence-electron chi connectivity index (χ4n) is 7.86. The Hall–Kier alpha value is -7.87. The van der Waals surface area contributed by atoms with Gasteiger partial charge in [0.15, 0.2) is 0 Å². The van der Waals surface area contributed by atoms with Crippen LogP contribution in [0.3, 0.4) is 0 Å². The van der Waals surface area contributed by atoms with Crippen LogP contribution in [0.25, 0.3) is 11.1 Å². The number of fused-ring (bicyclic) bond motifs is 5. The lowest BCUT2D eigenvalue weighted by Crippen LogP contribution is -2.59. The van der Waals surface area contributed by atoms with E-state index in [-0.39, 0.29) is 57.1 Å². The Morgan fingerprint density at radius 1 is 0.753 bits per heavy atom. The van der Waals surface area contributed by atoms with Gasteiger partial charge in [0.1, 0.15) is 49.7 Å². The summed E-state index contributed by atoms with van der Waals surface area (Å²) in [7, 11) is 1.17. The van der Waals surface area contributed by atoms with Crippen molar-refractivity contribution in [3.8, 4) is 16.9 Å². The van der Waals surface area contributed by atoms with Crippen LogP contribution >= 0.6 is 24.5 Å². The van der Waals surface area contributed by atoms with Gasteiger partial charge in [-0.3, -0.25) is 14.4 Å². The predicted molar refractivity (Wildman–Crippen MR) is 272 cm³/mol. The molecule has 5 atom stereocenters. The molecular weight excluding hydrogens is 978 g/mol. The van der Waals surface area contributed by atoms with Crippen molar-refractivity contribution >= 4 is 60.4 Å². The molecule has 380 valence electrons. The monoisotopic (exact) mass is 1030 g/mol. The van der Waals surface area contributed by atoms with Crippen LogP contribution in [-0.2, 0) is 76.7 Å². The average Bonchev–Trinajstić information content (AvgIpc) is 3.93. The van der Waals surface area contributed by atoms with Crippen molar-refractivity contribution in [3.63, 3.8) is 0 Å². The molecule has 4 bridgehead atoms. The molecule has 6 aromatic rings. The molecule has 73 heavy (non-hydrogen) atoms. The molecule has 2 heterocycles. The van der Waals surface area contributed by atoms with Gasteiger partial charge in [0.05, 0.1) is 25.2 Å². The number of H-pyrrole nitrogens is 1. The molecule has 1 aliphatic heterocycles. The second-order valence-electron chi connectivity index (χ2n) is 16.9. The number of nitrogens with one attached hydrogen (secondary N) is 6. The molecule has 0 fully saturated rings. The van der Waals surface area contributed by atoms with Gasteiger partial charge in [0.2, 0.25) is 17.7 Å². The Bertz CT molecular complexity index is 2810. The summed E-state index contributed by atoms with van der Waals surface area (Å²) >= 11 is 10.9. The van der Waals surface area contributed by atoms with Crippen molar-refractivity contribution in [2.75, 3.05) is 13.7 Å². The number of ether oxygens (including phenoxy) is 4. The zero-order valence-corrected chi connectivity index (χ0v) is 41.2. The minimum Gasteiger partial charge on any atom is -0.489 e. The lowest BCUT2D eigenvalue weighted by Gasteiger charge is -2.28. The molecule has 18 nitrogen and oxygen atoms in total. The van der Waals surface area contributed by atoms with Gasteiger partial charge < -0.3 is 54.7 Å². The quantitative estimate of drug-likeness (QED) is 0.0223. The first-order chi connectivity index (χ1) is 35.4. The van der Waals surface area contributed by atoms with Crippen LogP contribution in [0, 0.1) is 0 Å². The van der Waals surface area contributed by atoms with Crippen LogP contribution in [0.15, 0.2) is 140 Å². The lowest BCUT2D eigenvalue weighted by atomic mass is 9.95. The van der Waals surface area contributed by atoms with E-state index in [1.807, 2.05) is 54.6 Å². The summed E-state index contributed by atoms with van der Waals surface area (Å²) in [4.78, 5) is 90.8. The number of carbonyl (C=O) groups excluding carboxylic acids is 6. The number of benzene rings is 5. The van der Waals surface area contributed by atoms with Gasteiger partial charge in [-0.05, 0) is 76.1 Å². The first kappa shape index (κ1) is 52.9. The number of thiol groups is 1. The summed E-state index contributed by atoms with van der Waals surface area (Å²) in [6, 6.07) is 32.4. The van der Waals surface area contributed by atoms with Crippen molar-refractivity contribution in [1.29, 1.82) is 0 Å². The number of alkyl carbamates (subject to hydrolysis) is 2. The Morgan fingerprint density at radius 3 is 1.99 bits per heavy atom. The van der Waals surface area contributed by atoms with Crippen LogP contribution in [0.5, 0.6) is 5.75 Å². The zero-order chi connectivity index (χ0) is 51.5. The molecule has 1 aromatic heterocycles. The summed E-state index contributed by atoms with van der Waals surface area (Å²) < 4.78 is 27.8. The molecule has 20 heteroatoms. The first-order valence-electron chi connectivity index (χ1n) is 23.2. The van der Waals surface area contributed by atoms with E-state index < -0.39 is 66.1 Å². The van der Waals surface area contributed by atoms with Gasteiger partial charge in [-0.25, -0.2) is 19.4 Å². The number of halogens is 1. The number of carbonyl (C=O) groups is 6. The number of rotatable bonds is 18. The third-order valence-electron chi connectivity index (χ3n) is 11.7. The standard InChI is InChI=1S/C53H54ClN7O11S/c1-68-51(65)46(25-40-27-55-32-57-40)60-48(62)43-23-38-21-36(17-19-42(38)54)37-18-20-47(69-29-33-11-5-2-6-12-33)39(22-37)24-44(61-53(67)71-31-35-15-9-4-10-16-35)49(63)59-45(50(64)58-43)26-41(72-73)28-56-52(66)70-30-34-13-7-3-8-14-34/h2-22,27,32,41,43-46,73H,23-26,28-31H2,1H3,(H,55,57)(H,56,66)(H,58,64)(H,59,63)(H,60,62)(H,61,67)/t41-,43+,44+,45+,46+/m1/s1. The number of aromatic amines is 1. The van der Waals surface area contributed by atoms with E-state index >= 15 is 0 Å². The minimum atomic E-state index is -1.54. The number of hydrogen-bond acceptors (Lipinski definition) is 13. The summed E-state index contributed by atoms with van der Waals surface area (Å²) in [5.74, 6) is -2.91. The third-order valence-corrected chi connectivity index (χ3v) is 12.4. The fourth-order valence-corrected chi connectivity index (χ4v) is 8.22. The first-order valence-corrected chi connectivity index (χ1v) is 24.0. The molecule has 7 rings (SSSR count). The molecule has 1 aliphatic rings. The summed E-state index contributed by atoms with van der Waals surface area (Å²) in [5.41, 5.74) is 5.02. The van der Waals surface area contributed by atoms with Gasteiger partial charge in [0, 0.05) is 43.4 Å². The van der Waals surface area contributed by atoms with Gasteiger partial charge in [-0.1, -0.05) is 115 Å². The highest BCUT2D eigenvalue weighted by Crippen LogP contribution is 2.32. The Kier molecular flexibility index (Phi) is 19.2. The number of esters is 1. The molecule has 0 radical (unpaired) electrons. The maximum absolute atomic E-state index is 14.9. The molecule has 6 N–H and O–H groups in total. The van der Waals surface area contributed by atoms with Gasteiger partial charge in [0.25, 0.3) is 0 Å². The Labute approximate surface area is 431 Å². The molecule has 0 saturated heterocycles. The van der Waals surface area contributed by atoms with E-state index in [1.54, 1.807) is 79.0 Å². The maximum Gasteiger partial charge on any atom is 0.408 e. The minimum absolute atomic E-state index is 0.0286. The van der Waals surface area contributed by atoms with Crippen LogP contribution in [0.1, 0.15) is 39.9 Å². The SMILES string of the molecule is COC(=O)[C@H](Cc1c[nH]cn1)NC(=O)[C@@H]1Cc2cc(ccc2Cl)-c2ccc(OCc3ccccc3)c(c2)C[C@H](NC(=O)OCc2ccccc2)C(=O)N[C@@H](C[C@H](CNC(=O)OCc2ccccc2)OS)C(=O)N1. The maximum atomic E-state index is 14.9. The molecule has 5 aromatic carbocycles. The van der Waals surface area contributed by atoms with Crippen molar-refractivity contribution < 1.29 is 51.9 Å². The number of amides is 5. The smallest absolute Gasteiger partial charge is 0.408 e.